The van der Waals surface area contributed by atoms with Crippen molar-refractivity contribution >= 4 is 47.0 Å². The largest absolute Gasteiger partial charge is 0.497 e. The minimum atomic E-state index is -3.09. The molecular weight excluding hydrogens is 698 g/mol. The maximum absolute atomic E-state index is 15.1. The number of hydrogen-bond donors (Lipinski definition) is 0. The standard InChI is InChI=1S/C41H50ClN3O8/c1-5-8-10-11-18-24-34(23-9-6-2)53-40(50)44(32-21-16-13-17-22-32)38(48)41(42,35(46)31-25-27-33(51-4)28-26-31)45-36(47)37(52-7-3)43(39(45)49)29-30-19-14-12-15-20-30/h12-17,19-22,25-28,34,37H,5-11,18,23-24,29H2,1-4H3. The fourth-order valence-corrected chi connectivity index (χ4v) is 6.57. The van der Waals surface area contributed by atoms with E-state index in [1.165, 1.54) is 43.5 Å². The molecule has 0 aliphatic carbocycles. The number of rotatable bonds is 20. The van der Waals surface area contributed by atoms with Crippen LogP contribution in [0.25, 0.3) is 0 Å². The van der Waals surface area contributed by atoms with E-state index in [-0.39, 0.29) is 24.4 Å². The fraction of sp³-hybridized carbons (Fsp3) is 0.439. The lowest BCUT2D eigenvalue weighted by Gasteiger charge is -2.35. The number of methoxy groups -OCH3 is 1. The van der Waals surface area contributed by atoms with Crippen molar-refractivity contribution in [1.29, 1.82) is 0 Å². The summed E-state index contributed by atoms with van der Waals surface area (Å²) in [5, 5.41) is 0. The van der Waals surface area contributed by atoms with Crippen LogP contribution in [0.15, 0.2) is 84.9 Å². The summed E-state index contributed by atoms with van der Waals surface area (Å²) in [6.45, 7) is 5.76. The van der Waals surface area contributed by atoms with E-state index in [0.717, 1.165) is 49.8 Å². The number of imide groups is 2. The van der Waals surface area contributed by atoms with E-state index in [4.69, 9.17) is 25.8 Å². The van der Waals surface area contributed by atoms with Crippen LogP contribution >= 0.6 is 11.6 Å². The second-order valence-corrected chi connectivity index (χ2v) is 13.4. The highest BCUT2D eigenvalue weighted by Gasteiger charge is 2.63. The molecule has 0 saturated carbocycles. The zero-order chi connectivity index (χ0) is 38.4. The number of nitrogens with zero attached hydrogens (tertiary/aromatic N) is 3. The molecule has 3 aromatic carbocycles. The van der Waals surface area contributed by atoms with Gasteiger partial charge in [0.05, 0.1) is 19.3 Å². The Kier molecular flexibility index (Phi) is 15.4. The number of Topliss-reactive ketones (excluding diaryl/α,β-unsaturated/α-hetero) is 1. The van der Waals surface area contributed by atoms with Crippen LogP contribution in [0.2, 0.25) is 0 Å². The van der Waals surface area contributed by atoms with E-state index in [2.05, 4.69) is 6.92 Å². The molecule has 53 heavy (non-hydrogen) atoms. The first kappa shape index (κ1) is 41.0. The molecule has 1 saturated heterocycles. The number of hydrogen-bond acceptors (Lipinski definition) is 8. The molecule has 1 aliphatic heterocycles. The molecule has 4 rings (SSSR count). The zero-order valence-corrected chi connectivity index (χ0v) is 31.8. The number of unbranched alkanes of at least 4 members (excludes halogenated alkanes) is 5. The van der Waals surface area contributed by atoms with E-state index in [0.29, 0.717) is 34.0 Å². The van der Waals surface area contributed by atoms with Gasteiger partial charge in [-0.3, -0.25) is 19.3 Å². The van der Waals surface area contributed by atoms with Gasteiger partial charge in [0.25, 0.3) is 16.8 Å². The van der Waals surface area contributed by atoms with Crippen LogP contribution in [0.5, 0.6) is 5.75 Å². The van der Waals surface area contributed by atoms with Gasteiger partial charge < -0.3 is 14.2 Å². The van der Waals surface area contributed by atoms with Crippen LogP contribution in [-0.2, 0) is 25.6 Å². The third kappa shape index (κ3) is 9.83. The molecule has 3 unspecified atom stereocenters. The molecule has 0 spiro atoms. The first-order valence-corrected chi connectivity index (χ1v) is 18.8. The lowest BCUT2D eigenvalue weighted by Crippen LogP contribution is -2.64. The van der Waals surface area contributed by atoms with Crippen LogP contribution in [-0.4, -0.2) is 70.6 Å². The normalized spacial score (nSPS) is 15.9. The molecule has 3 atom stereocenters. The summed E-state index contributed by atoms with van der Waals surface area (Å²) in [5.74, 6) is -3.09. The Morgan fingerprint density at radius 3 is 2.02 bits per heavy atom. The number of carbonyl (C=O) groups excluding carboxylic acids is 5. The van der Waals surface area contributed by atoms with Crippen molar-refractivity contribution in [3.63, 3.8) is 0 Å². The smallest absolute Gasteiger partial charge is 0.421 e. The SMILES string of the molecule is CCCCCCCC(CCCC)OC(=O)N(C(=O)C(Cl)(C(=O)c1ccc(OC)cc1)N1C(=O)C(OCC)N(Cc2ccccc2)C1=O)c1ccccc1. The maximum atomic E-state index is 15.1. The Labute approximate surface area is 317 Å². The van der Waals surface area contributed by atoms with Gasteiger partial charge in [-0.05, 0) is 68.1 Å². The second-order valence-electron chi connectivity index (χ2n) is 12.9. The van der Waals surface area contributed by atoms with Crippen LogP contribution in [0.1, 0.15) is 94.5 Å². The summed E-state index contributed by atoms with van der Waals surface area (Å²) in [5.41, 5.74) is 0.586. The van der Waals surface area contributed by atoms with Gasteiger partial charge in [0, 0.05) is 12.2 Å². The zero-order valence-electron chi connectivity index (χ0n) is 31.0. The van der Waals surface area contributed by atoms with Crippen LogP contribution in [0.3, 0.4) is 0 Å². The van der Waals surface area contributed by atoms with Gasteiger partial charge >= 0.3 is 12.1 Å². The summed E-state index contributed by atoms with van der Waals surface area (Å²) >= 11 is 7.24. The van der Waals surface area contributed by atoms with Crippen LogP contribution in [0, 0.1) is 0 Å². The van der Waals surface area contributed by atoms with E-state index in [9.17, 15) is 19.2 Å². The second kappa shape index (κ2) is 19.9. The van der Waals surface area contributed by atoms with Crippen molar-refractivity contribution in [3.05, 3.63) is 96.1 Å². The van der Waals surface area contributed by atoms with Gasteiger partial charge in [0.2, 0.25) is 12.0 Å². The lowest BCUT2D eigenvalue weighted by molar-refractivity contribution is -0.145. The monoisotopic (exact) mass is 747 g/mol. The van der Waals surface area contributed by atoms with Gasteiger partial charge in [0.15, 0.2) is 0 Å². The lowest BCUT2D eigenvalue weighted by atomic mass is 10.00. The summed E-state index contributed by atoms with van der Waals surface area (Å²) in [4.78, 5) is 71.9. The third-order valence-electron chi connectivity index (χ3n) is 9.09. The molecular formula is C41H50ClN3O8. The summed E-state index contributed by atoms with van der Waals surface area (Å²) in [6, 6.07) is 21.4. The van der Waals surface area contributed by atoms with Crippen LogP contribution < -0.4 is 9.64 Å². The highest BCUT2D eigenvalue weighted by Crippen LogP contribution is 2.38. The number of ether oxygens (including phenoxy) is 3. The predicted octanol–water partition coefficient (Wildman–Crippen LogP) is 8.73. The van der Waals surface area contributed by atoms with Crippen molar-refractivity contribution < 1.29 is 38.2 Å². The van der Waals surface area contributed by atoms with Gasteiger partial charge in [-0.2, -0.15) is 0 Å². The van der Waals surface area contributed by atoms with Crippen molar-refractivity contribution in [2.75, 3.05) is 18.6 Å². The van der Waals surface area contributed by atoms with Crippen molar-refractivity contribution in [1.82, 2.24) is 9.80 Å². The minimum absolute atomic E-state index is 0.0263. The number of amides is 5. The number of para-hydroxylation sites is 1. The Morgan fingerprint density at radius 2 is 1.42 bits per heavy atom. The van der Waals surface area contributed by atoms with Crippen molar-refractivity contribution in [2.45, 2.75) is 102 Å². The number of carbonyl (C=O) groups is 5. The molecule has 0 radical (unpaired) electrons. The number of alkyl halides is 1. The van der Waals surface area contributed by atoms with E-state index in [1.807, 2.05) is 6.92 Å². The number of anilines is 1. The Hall–Kier alpha value is -4.74. The summed E-state index contributed by atoms with van der Waals surface area (Å²) in [6.07, 6.45) is 4.74. The summed E-state index contributed by atoms with van der Waals surface area (Å²) < 4.78 is 17.0. The molecule has 0 aromatic heterocycles. The van der Waals surface area contributed by atoms with Gasteiger partial charge in [0.1, 0.15) is 11.9 Å². The molecule has 12 heteroatoms. The quantitative estimate of drug-likeness (QED) is 0.0281. The van der Waals surface area contributed by atoms with Crippen molar-refractivity contribution in [3.8, 4) is 5.75 Å². The van der Waals surface area contributed by atoms with Crippen molar-refractivity contribution in [2.24, 2.45) is 0 Å². The molecule has 11 nitrogen and oxygen atoms in total. The van der Waals surface area contributed by atoms with E-state index in [1.54, 1.807) is 55.5 Å². The average molecular weight is 748 g/mol. The van der Waals surface area contributed by atoms with Gasteiger partial charge in [-0.1, -0.05) is 113 Å². The summed E-state index contributed by atoms with van der Waals surface area (Å²) in [7, 11) is 1.45. The number of urea groups is 1. The Morgan fingerprint density at radius 1 is 0.811 bits per heavy atom. The molecule has 1 fully saturated rings. The molecule has 0 N–H and O–H groups in total. The third-order valence-corrected chi connectivity index (χ3v) is 9.60. The molecule has 1 heterocycles. The predicted molar refractivity (Wildman–Crippen MR) is 203 cm³/mol. The molecule has 1 aliphatic rings. The highest BCUT2D eigenvalue weighted by molar-refractivity contribution is 6.53. The first-order valence-electron chi connectivity index (χ1n) is 18.4. The molecule has 284 valence electrons. The van der Waals surface area contributed by atoms with E-state index < -0.39 is 47.1 Å². The molecule has 5 amide bonds. The topological polar surface area (TPSA) is 123 Å². The fourth-order valence-electron chi connectivity index (χ4n) is 6.22. The minimum Gasteiger partial charge on any atom is -0.497 e. The maximum Gasteiger partial charge on any atom is 0.421 e. The highest BCUT2D eigenvalue weighted by atomic mass is 35.5. The van der Waals surface area contributed by atoms with Crippen LogP contribution in [0.4, 0.5) is 15.3 Å². The molecule has 3 aromatic rings. The number of halogens is 1. The number of benzene rings is 3. The first-order chi connectivity index (χ1) is 25.6. The number of ketones is 1. The Bertz CT molecular complexity index is 1670. The average Bonchev–Trinajstić information content (AvgIpc) is 3.41. The van der Waals surface area contributed by atoms with E-state index >= 15 is 4.79 Å². The van der Waals surface area contributed by atoms with Gasteiger partial charge in [-0.15, -0.1) is 0 Å². The van der Waals surface area contributed by atoms with Gasteiger partial charge in [-0.25, -0.2) is 19.4 Å². The Balaban J connectivity index is 1.82. The molecule has 0 bridgehead atoms.